The molecule has 0 aromatic heterocycles. The molecule has 1 unspecified atom stereocenters. The van der Waals surface area contributed by atoms with Gasteiger partial charge in [-0.15, -0.1) is 0 Å². The molecule has 17 heavy (non-hydrogen) atoms. The van der Waals surface area contributed by atoms with Gasteiger partial charge < -0.3 is 14.8 Å². The predicted octanol–water partition coefficient (Wildman–Crippen LogP) is 1.50. The largest absolute Gasteiger partial charge is 0.411 e. The normalized spacial score (nSPS) is 23.1. The van der Waals surface area contributed by atoms with Crippen molar-refractivity contribution < 1.29 is 14.7 Å². The van der Waals surface area contributed by atoms with E-state index in [4.69, 9.17) is 9.94 Å². The van der Waals surface area contributed by atoms with Gasteiger partial charge in [0.05, 0.1) is 5.71 Å². The Morgan fingerprint density at radius 2 is 2.41 bits per heavy atom. The van der Waals surface area contributed by atoms with Crippen LogP contribution in [0.1, 0.15) is 32.6 Å². The summed E-state index contributed by atoms with van der Waals surface area (Å²) in [5.41, 5.74) is 0.827. The van der Waals surface area contributed by atoms with Crippen LogP contribution in [0.3, 0.4) is 0 Å². The van der Waals surface area contributed by atoms with Gasteiger partial charge in [0.1, 0.15) is 0 Å². The van der Waals surface area contributed by atoms with E-state index in [-0.39, 0.29) is 11.8 Å². The van der Waals surface area contributed by atoms with E-state index in [1.54, 1.807) is 7.11 Å². The molecular weight excluding hydrogens is 220 g/mol. The zero-order valence-electron chi connectivity index (χ0n) is 10.7. The molecule has 0 saturated carbocycles. The summed E-state index contributed by atoms with van der Waals surface area (Å²) in [6, 6.07) is 0. The number of piperidine rings is 1. The van der Waals surface area contributed by atoms with Crippen LogP contribution in [0.2, 0.25) is 0 Å². The Morgan fingerprint density at radius 3 is 3.00 bits per heavy atom. The van der Waals surface area contributed by atoms with Gasteiger partial charge in [-0.25, -0.2) is 0 Å². The third-order valence-corrected chi connectivity index (χ3v) is 3.26. The summed E-state index contributed by atoms with van der Waals surface area (Å²) in [6.45, 7) is 4.03. The van der Waals surface area contributed by atoms with E-state index < -0.39 is 0 Å². The molecule has 0 aromatic rings. The second kappa shape index (κ2) is 7.27. The fraction of sp³-hybridized carbons (Fsp3) is 0.833. The van der Waals surface area contributed by atoms with E-state index in [2.05, 4.69) is 12.1 Å². The molecule has 1 N–H and O–H groups in total. The third-order valence-electron chi connectivity index (χ3n) is 3.26. The first kappa shape index (κ1) is 14.0. The van der Waals surface area contributed by atoms with E-state index in [9.17, 15) is 4.79 Å². The topological polar surface area (TPSA) is 62.1 Å². The van der Waals surface area contributed by atoms with Crippen molar-refractivity contribution in [2.45, 2.75) is 32.6 Å². The average Bonchev–Trinajstić information content (AvgIpc) is 2.38. The smallest absolute Gasteiger partial charge is 0.222 e. The maximum absolute atomic E-state index is 11.9. The number of carbonyl (C=O) groups is 1. The number of hydrogen-bond donors (Lipinski definition) is 1. The molecule has 1 atom stereocenters. The van der Waals surface area contributed by atoms with Crippen LogP contribution in [-0.4, -0.2) is 48.5 Å². The minimum Gasteiger partial charge on any atom is -0.411 e. The van der Waals surface area contributed by atoms with E-state index in [1.807, 2.05) is 4.90 Å². The van der Waals surface area contributed by atoms with Gasteiger partial charge in [0, 0.05) is 45.6 Å². The van der Waals surface area contributed by atoms with Gasteiger partial charge in [-0.1, -0.05) is 12.1 Å². The molecule has 0 radical (unpaired) electrons. The number of hydrogen-bond acceptors (Lipinski definition) is 4. The van der Waals surface area contributed by atoms with Crippen LogP contribution in [0.15, 0.2) is 5.16 Å². The highest BCUT2D eigenvalue weighted by molar-refractivity contribution is 5.89. The van der Waals surface area contributed by atoms with Crippen LogP contribution in [0.5, 0.6) is 0 Å². The Hall–Kier alpha value is -1.10. The maximum atomic E-state index is 11.9. The van der Waals surface area contributed by atoms with Crippen LogP contribution in [0.4, 0.5) is 0 Å². The highest BCUT2D eigenvalue weighted by Crippen LogP contribution is 2.18. The number of ether oxygens (including phenoxy) is 1. The lowest BCUT2D eigenvalue weighted by Gasteiger charge is -2.32. The molecule has 1 saturated heterocycles. The van der Waals surface area contributed by atoms with Crippen molar-refractivity contribution in [1.29, 1.82) is 0 Å². The lowest BCUT2D eigenvalue weighted by atomic mass is 9.93. The third kappa shape index (κ3) is 4.00. The minimum absolute atomic E-state index is 0.178. The van der Waals surface area contributed by atoms with Crippen molar-refractivity contribution >= 4 is 11.6 Å². The summed E-state index contributed by atoms with van der Waals surface area (Å²) in [5, 5.41) is 12.2. The van der Waals surface area contributed by atoms with Crippen LogP contribution >= 0.6 is 0 Å². The monoisotopic (exact) mass is 242 g/mol. The van der Waals surface area contributed by atoms with Gasteiger partial charge in [-0.05, 0) is 12.8 Å². The van der Waals surface area contributed by atoms with Crippen LogP contribution < -0.4 is 0 Å². The lowest BCUT2D eigenvalue weighted by Crippen LogP contribution is -2.44. The Labute approximate surface area is 102 Å². The van der Waals surface area contributed by atoms with Crippen molar-refractivity contribution in [3.63, 3.8) is 0 Å². The summed E-state index contributed by atoms with van der Waals surface area (Å²) in [4.78, 5) is 13.8. The second-order valence-electron chi connectivity index (χ2n) is 4.38. The summed E-state index contributed by atoms with van der Waals surface area (Å²) in [6.07, 6.45) is 2.89. The molecule has 1 fully saturated rings. The van der Waals surface area contributed by atoms with Gasteiger partial charge in [0.15, 0.2) is 0 Å². The van der Waals surface area contributed by atoms with Crippen LogP contribution in [0, 0.1) is 5.92 Å². The highest BCUT2D eigenvalue weighted by Gasteiger charge is 2.27. The summed E-state index contributed by atoms with van der Waals surface area (Å²) in [5.74, 6) is 0.387. The van der Waals surface area contributed by atoms with E-state index in [1.165, 1.54) is 0 Å². The van der Waals surface area contributed by atoms with Crippen molar-refractivity contribution in [2.75, 3.05) is 26.8 Å². The number of carbonyl (C=O) groups excluding carboxylic acids is 1. The molecular formula is C12H22N2O3. The van der Waals surface area contributed by atoms with Gasteiger partial charge in [0.2, 0.25) is 5.91 Å². The number of rotatable bonds is 5. The number of amides is 1. The SMILES string of the molecule is CCC1CN(C(=O)CCCOC)CCC1=NO. The maximum Gasteiger partial charge on any atom is 0.222 e. The lowest BCUT2D eigenvalue weighted by molar-refractivity contribution is -0.132. The standard InChI is InChI=1S/C12H22N2O3/c1-3-10-9-14(7-6-11(10)13-16)12(15)5-4-8-17-2/h10,16H,3-9H2,1-2H3. The molecule has 1 aliphatic rings. The average molecular weight is 242 g/mol. The molecule has 0 aromatic carbocycles. The summed E-state index contributed by atoms with van der Waals surface area (Å²) in [7, 11) is 1.64. The van der Waals surface area contributed by atoms with Crippen molar-refractivity contribution in [1.82, 2.24) is 4.90 Å². The van der Waals surface area contributed by atoms with Crippen molar-refractivity contribution in [3.8, 4) is 0 Å². The first-order valence-corrected chi connectivity index (χ1v) is 6.20. The molecule has 5 nitrogen and oxygen atoms in total. The molecule has 0 spiro atoms. The van der Waals surface area contributed by atoms with Crippen molar-refractivity contribution in [2.24, 2.45) is 11.1 Å². The highest BCUT2D eigenvalue weighted by atomic mass is 16.5. The molecule has 0 aliphatic carbocycles. The first-order valence-electron chi connectivity index (χ1n) is 6.20. The Bertz CT molecular complexity index is 279. The number of likely N-dealkylation sites (tertiary alicyclic amines) is 1. The van der Waals surface area contributed by atoms with Gasteiger partial charge in [-0.3, -0.25) is 4.79 Å². The zero-order chi connectivity index (χ0) is 12.7. The van der Waals surface area contributed by atoms with E-state index >= 15 is 0 Å². The number of methoxy groups -OCH3 is 1. The summed E-state index contributed by atoms with van der Waals surface area (Å²) < 4.78 is 4.93. The molecule has 1 rings (SSSR count). The van der Waals surface area contributed by atoms with Crippen molar-refractivity contribution in [3.05, 3.63) is 0 Å². The van der Waals surface area contributed by atoms with Gasteiger partial charge in [-0.2, -0.15) is 0 Å². The molecule has 1 amide bonds. The number of oxime groups is 1. The second-order valence-corrected chi connectivity index (χ2v) is 4.38. The van der Waals surface area contributed by atoms with Gasteiger partial charge in [0.25, 0.3) is 0 Å². The van der Waals surface area contributed by atoms with E-state index in [0.717, 1.165) is 18.6 Å². The van der Waals surface area contributed by atoms with Gasteiger partial charge >= 0.3 is 0 Å². The Kier molecular flexibility index (Phi) is 5.97. The fourth-order valence-corrected chi connectivity index (χ4v) is 2.17. The summed E-state index contributed by atoms with van der Waals surface area (Å²) >= 11 is 0. The molecule has 98 valence electrons. The Balaban J connectivity index is 2.43. The number of nitrogens with zero attached hydrogens (tertiary/aromatic N) is 2. The quantitative estimate of drug-likeness (QED) is 0.451. The minimum atomic E-state index is 0.178. The fourth-order valence-electron chi connectivity index (χ4n) is 2.17. The van der Waals surface area contributed by atoms with Crippen LogP contribution in [0.25, 0.3) is 0 Å². The molecule has 1 aliphatic heterocycles. The van der Waals surface area contributed by atoms with E-state index in [0.29, 0.717) is 32.5 Å². The molecule has 0 bridgehead atoms. The first-order chi connectivity index (χ1) is 8.22. The Morgan fingerprint density at radius 1 is 1.65 bits per heavy atom. The predicted molar refractivity (Wildman–Crippen MR) is 65.3 cm³/mol. The zero-order valence-corrected chi connectivity index (χ0v) is 10.7. The molecule has 5 heteroatoms. The molecule has 1 heterocycles. The van der Waals surface area contributed by atoms with Crippen LogP contribution in [-0.2, 0) is 9.53 Å².